The van der Waals surface area contributed by atoms with E-state index in [2.05, 4.69) is 32.2 Å². The molecule has 1 saturated heterocycles. The largest absolute Gasteiger partial charge is 0.343 e. The van der Waals surface area contributed by atoms with Crippen LogP contribution in [0.4, 0.5) is 0 Å². The van der Waals surface area contributed by atoms with Gasteiger partial charge in [-0.05, 0) is 59.9 Å². The van der Waals surface area contributed by atoms with Crippen LogP contribution in [0.1, 0.15) is 50.3 Å². The molecule has 2 aliphatic rings. The Labute approximate surface area is 169 Å². The minimum Gasteiger partial charge on any atom is -0.343 e. The van der Waals surface area contributed by atoms with E-state index in [0.29, 0.717) is 19.0 Å². The van der Waals surface area contributed by atoms with E-state index in [1.54, 1.807) is 24.5 Å². The Bertz CT molecular complexity index is 797. The molecule has 1 aliphatic heterocycles. The molecule has 28 heavy (non-hydrogen) atoms. The molecule has 8 heteroatoms. The summed E-state index contributed by atoms with van der Waals surface area (Å²) in [6, 6.07) is 2.42. The molecule has 2 aromatic rings. The first kappa shape index (κ1) is 19.1. The minimum atomic E-state index is 0.152. The van der Waals surface area contributed by atoms with E-state index in [0.717, 1.165) is 50.9 Å². The van der Waals surface area contributed by atoms with Gasteiger partial charge in [0.1, 0.15) is 0 Å². The van der Waals surface area contributed by atoms with Crippen molar-refractivity contribution >= 4 is 23.2 Å². The van der Waals surface area contributed by atoms with Gasteiger partial charge in [0.25, 0.3) is 0 Å². The lowest BCUT2D eigenvalue weighted by Gasteiger charge is -2.35. The number of hydrogen-bond donors (Lipinski definition) is 1. The molecule has 1 saturated carbocycles. The Kier molecular flexibility index (Phi) is 5.48. The topological polar surface area (TPSA) is 82.2 Å². The second kappa shape index (κ2) is 8.03. The van der Waals surface area contributed by atoms with Gasteiger partial charge < -0.3 is 9.80 Å². The number of rotatable bonds is 7. The Morgan fingerprint density at radius 2 is 2.21 bits per heavy atom. The maximum Gasteiger partial charge on any atom is 0.222 e. The predicted octanol–water partition coefficient (Wildman–Crippen LogP) is 2.62. The van der Waals surface area contributed by atoms with Crippen molar-refractivity contribution in [3.8, 4) is 0 Å². The van der Waals surface area contributed by atoms with Crippen molar-refractivity contribution in [2.24, 2.45) is 5.41 Å². The number of carbonyl (C=O) groups excluding carboxylic acids is 2. The summed E-state index contributed by atoms with van der Waals surface area (Å²) in [6.07, 6.45) is 6.91. The molecular weight excluding hydrogens is 374 g/mol. The van der Waals surface area contributed by atoms with Crippen molar-refractivity contribution < 1.29 is 9.59 Å². The Morgan fingerprint density at radius 3 is 2.86 bits per heavy atom. The van der Waals surface area contributed by atoms with E-state index in [1.807, 2.05) is 9.80 Å². The molecule has 1 atom stereocenters. The third-order valence-electron chi connectivity index (χ3n) is 6.26. The summed E-state index contributed by atoms with van der Waals surface area (Å²) in [5.74, 6) is 0.386. The third kappa shape index (κ3) is 4.11. The lowest BCUT2D eigenvalue weighted by Crippen LogP contribution is -2.42. The van der Waals surface area contributed by atoms with Gasteiger partial charge in [0, 0.05) is 39.0 Å². The highest BCUT2D eigenvalue weighted by Crippen LogP contribution is 2.57. The second-order valence-corrected chi connectivity index (χ2v) is 8.84. The molecule has 1 aliphatic carbocycles. The highest BCUT2D eigenvalue weighted by Gasteiger charge is 2.58. The van der Waals surface area contributed by atoms with Crippen molar-refractivity contribution in [2.45, 2.75) is 58.0 Å². The number of aromatic amines is 1. The average molecular weight is 402 g/mol. The number of aryl methyl sites for hydroxylation is 1. The molecule has 7 nitrogen and oxygen atoms in total. The van der Waals surface area contributed by atoms with Crippen LogP contribution < -0.4 is 0 Å². The van der Waals surface area contributed by atoms with E-state index in [1.165, 1.54) is 5.56 Å². The van der Waals surface area contributed by atoms with Gasteiger partial charge in [0.2, 0.25) is 11.8 Å². The maximum absolute atomic E-state index is 12.5. The zero-order chi connectivity index (χ0) is 19.6. The van der Waals surface area contributed by atoms with Gasteiger partial charge in [-0.1, -0.05) is 0 Å². The normalized spacial score (nSPS) is 20.3. The summed E-state index contributed by atoms with van der Waals surface area (Å²) < 4.78 is 0. The fourth-order valence-electron chi connectivity index (χ4n) is 4.45. The molecule has 0 radical (unpaired) electrons. The van der Waals surface area contributed by atoms with E-state index >= 15 is 0 Å². The van der Waals surface area contributed by atoms with Crippen molar-refractivity contribution in [3.05, 3.63) is 34.3 Å². The number of amides is 2. The van der Waals surface area contributed by atoms with Crippen LogP contribution >= 0.6 is 11.3 Å². The van der Waals surface area contributed by atoms with Crippen molar-refractivity contribution in [3.63, 3.8) is 0 Å². The number of piperidine rings is 1. The van der Waals surface area contributed by atoms with Crippen LogP contribution in [0.25, 0.3) is 0 Å². The molecule has 4 rings (SSSR count). The first-order valence-corrected chi connectivity index (χ1v) is 10.9. The molecule has 0 bridgehead atoms. The van der Waals surface area contributed by atoms with Crippen molar-refractivity contribution in [1.29, 1.82) is 0 Å². The van der Waals surface area contributed by atoms with Gasteiger partial charge in [-0.25, -0.2) is 0 Å². The summed E-state index contributed by atoms with van der Waals surface area (Å²) in [4.78, 5) is 28.8. The van der Waals surface area contributed by atoms with E-state index in [9.17, 15) is 9.59 Å². The highest BCUT2D eigenvalue weighted by atomic mass is 32.1. The number of nitrogens with zero attached hydrogens (tertiary/aromatic N) is 4. The molecule has 2 amide bonds. The monoisotopic (exact) mass is 401 g/mol. The number of hydrogen-bond acceptors (Lipinski definition) is 5. The molecule has 2 aromatic heterocycles. The maximum atomic E-state index is 12.5. The summed E-state index contributed by atoms with van der Waals surface area (Å²) in [5.41, 5.74) is 2.34. The molecule has 150 valence electrons. The molecule has 1 spiro atoms. The second-order valence-electron chi connectivity index (χ2n) is 8.06. The zero-order valence-electron chi connectivity index (χ0n) is 16.3. The first-order valence-electron chi connectivity index (χ1n) is 9.98. The lowest BCUT2D eigenvalue weighted by molar-refractivity contribution is -0.134. The van der Waals surface area contributed by atoms with Gasteiger partial charge in [0.15, 0.2) is 0 Å². The summed E-state index contributed by atoms with van der Waals surface area (Å²) in [7, 11) is 0. The molecule has 1 N–H and O–H groups in total. The van der Waals surface area contributed by atoms with Crippen LogP contribution in [0.15, 0.2) is 23.0 Å². The number of thiophene rings is 1. The first-order chi connectivity index (χ1) is 13.6. The zero-order valence-corrected chi connectivity index (χ0v) is 17.1. The Morgan fingerprint density at radius 1 is 1.39 bits per heavy atom. The Hall–Kier alpha value is -2.22. The van der Waals surface area contributed by atoms with Gasteiger partial charge in [-0.2, -0.15) is 26.7 Å². The minimum absolute atomic E-state index is 0.152. The van der Waals surface area contributed by atoms with Crippen LogP contribution in [0.3, 0.4) is 0 Å². The molecule has 0 aromatic carbocycles. The SMILES string of the molecule is CC(=O)N(Cc1ccsc1)C1CC12CCN(C(=O)CCCc1cn[nH]n1)CC2. The smallest absolute Gasteiger partial charge is 0.222 e. The number of nitrogens with one attached hydrogen (secondary N) is 1. The molecule has 2 fully saturated rings. The van der Waals surface area contributed by atoms with Gasteiger partial charge in [-0.3, -0.25) is 9.59 Å². The van der Waals surface area contributed by atoms with Gasteiger partial charge >= 0.3 is 0 Å². The van der Waals surface area contributed by atoms with E-state index < -0.39 is 0 Å². The van der Waals surface area contributed by atoms with Crippen LogP contribution in [-0.2, 0) is 22.6 Å². The summed E-state index contributed by atoms with van der Waals surface area (Å²) >= 11 is 1.67. The molecule has 1 unspecified atom stereocenters. The number of likely N-dealkylation sites (tertiary alicyclic amines) is 1. The standard InChI is InChI=1S/C20H27N5O2S/c1-15(26)25(13-16-5-10-28-14-16)18-11-20(18)6-8-24(9-7-20)19(27)4-2-3-17-12-21-23-22-17/h5,10,12,14,18H,2-4,6-9,11,13H2,1H3,(H,21,22,23). The fraction of sp³-hybridized carbons (Fsp3) is 0.600. The van der Waals surface area contributed by atoms with Crippen molar-refractivity contribution in [2.75, 3.05) is 13.1 Å². The quantitative estimate of drug-likeness (QED) is 0.773. The summed E-state index contributed by atoms with van der Waals surface area (Å²) in [6.45, 7) is 3.99. The number of carbonyl (C=O) groups is 2. The fourth-order valence-corrected chi connectivity index (χ4v) is 5.11. The lowest BCUT2D eigenvalue weighted by atomic mass is 9.92. The molecular formula is C20H27N5O2S. The third-order valence-corrected chi connectivity index (χ3v) is 6.99. The highest BCUT2D eigenvalue weighted by molar-refractivity contribution is 7.07. The van der Waals surface area contributed by atoms with Crippen LogP contribution in [0, 0.1) is 5.41 Å². The molecule has 3 heterocycles. The van der Waals surface area contributed by atoms with E-state index in [4.69, 9.17) is 0 Å². The predicted molar refractivity (Wildman–Crippen MR) is 107 cm³/mol. The van der Waals surface area contributed by atoms with Crippen LogP contribution in [-0.4, -0.2) is 56.2 Å². The van der Waals surface area contributed by atoms with Gasteiger partial charge in [0.05, 0.1) is 11.9 Å². The average Bonchev–Trinajstić information content (AvgIpc) is 3.11. The van der Waals surface area contributed by atoms with Gasteiger partial charge in [-0.15, -0.1) is 0 Å². The van der Waals surface area contributed by atoms with Crippen LogP contribution in [0.5, 0.6) is 0 Å². The van der Waals surface area contributed by atoms with Crippen LogP contribution in [0.2, 0.25) is 0 Å². The van der Waals surface area contributed by atoms with E-state index in [-0.39, 0.29) is 17.2 Å². The number of aromatic nitrogens is 3. The van der Waals surface area contributed by atoms with Crippen molar-refractivity contribution in [1.82, 2.24) is 25.2 Å². The number of H-pyrrole nitrogens is 1. The Balaban J connectivity index is 1.25. The summed E-state index contributed by atoms with van der Waals surface area (Å²) in [5, 5.41) is 14.6.